The molecule has 0 amide bonds. The maximum Gasteiger partial charge on any atom is 0.347 e. The lowest BCUT2D eigenvalue weighted by Gasteiger charge is -2.33. The van der Waals surface area contributed by atoms with E-state index < -0.39 is 5.63 Å². The fourth-order valence-electron chi connectivity index (χ4n) is 4.16. The Kier molecular flexibility index (Phi) is 4.63. The smallest absolute Gasteiger partial charge is 0.347 e. The molecule has 1 fully saturated rings. The lowest BCUT2D eigenvalue weighted by molar-refractivity contribution is 0.484. The number of nitrogens with zero attached hydrogens (tertiary/aromatic N) is 4. The van der Waals surface area contributed by atoms with E-state index in [9.17, 15) is 4.79 Å². The van der Waals surface area contributed by atoms with Crippen LogP contribution in [0.5, 0.6) is 0 Å². The van der Waals surface area contributed by atoms with Crippen molar-refractivity contribution in [2.24, 2.45) is 0 Å². The van der Waals surface area contributed by atoms with Crippen LogP contribution in [-0.4, -0.2) is 40.0 Å². The summed E-state index contributed by atoms with van der Waals surface area (Å²) in [5.41, 5.74) is 4.64. The summed E-state index contributed by atoms with van der Waals surface area (Å²) in [6.45, 7) is 8.80. The van der Waals surface area contributed by atoms with Crippen LogP contribution in [0.25, 0.3) is 27.9 Å². The number of nitrogens with one attached hydrogen (secondary N) is 1. The van der Waals surface area contributed by atoms with Crippen LogP contribution in [0.3, 0.4) is 0 Å². The molecule has 1 saturated heterocycles. The van der Waals surface area contributed by atoms with E-state index in [2.05, 4.69) is 49.1 Å². The van der Waals surface area contributed by atoms with Gasteiger partial charge in [0.2, 0.25) is 0 Å². The van der Waals surface area contributed by atoms with Gasteiger partial charge in [0.15, 0.2) is 5.65 Å². The molecule has 5 rings (SSSR count). The van der Waals surface area contributed by atoms with Crippen LogP contribution in [0.1, 0.15) is 18.3 Å². The molecule has 7 nitrogen and oxygen atoms in total. The summed E-state index contributed by atoms with van der Waals surface area (Å²) in [6, 6.07) is 6.45. The van der Waals surface area contributed by atoms with Crippen molar-refractivity contribution >= 4 is 38.2 Å². The van der Waals surface area contributed by atoms with Gasteiger partial charge < -0.3 is 19.0 Å². The molecule has 0 bridgehead atoms. The number of benzene rings is 1. The van der Waals surface area contributed by atoms with Gasteiger partial charge in [-0.05, 0) is 48.8 Å². The number of anilines is 1. The first-order chi connectivity index (χ1) is 14.4. The molecule has 3 aromatic heterocycles. The summed E-state index contributed by atoms with van der Waals surface area (Å²) in [5.74, 6) is 0. The fourth-order valence-corrected chi connectivity index (χ4v) is 4.85. The predicted octanol–water partition coefficient (Wildman–Crippen LogP) is 3.68. The molecule has 154 valence electrons. The molecule has 1 aliphatic rings. The molecule has 30 heavy (non-hydrogen) atoms. The number of imidazole rings is 1. The molecule has 0 aliphatic carbocycles. The summed E-state index contributed by atoms with van der Waals surface area (Å²) >= 11 is 3.64. The van der Waals surface area contributed by atoms with E-state index in [0.29, 0.717) is 27.4 Å². The molecule has 4 heterocycles. The Hall–Kier alpha value is -2.71. The third-order valence-electron chi connectivity index (χ3n) is 5.54. The second kappa shape index (κ2) is 7.21. The van der Waals surface area contributed by atoms with E-state index in [1.807, 2.05) is 42.8 Å². The van der Waals surface area contributed by atoms with Gasteiger partial charge >= 0.3 is 5.63 Å². The zero-order valence-electron chi connectivity index (χ0n) is 17.1. The number of aryl methyl sites for hydroxylation is 2. The highest BCUT2D eigenvalue weighted by Crippen LogP contribution is 2.34. The Morgan fingerprint density at radius 3 is 2.87 bits per heavy atom. The summed E-state index contributed by atoms with van der Waals surface area (Å²) in [6.07, 6.45) is 3.74. The van der Waals surface area contributed by atoms with Gasteiger partial charge in [-0.15, -0.1) is 0 Å². The van der Waals surface area contributed by atoms with Gasteiger partial charge in [-0.25, -0.2) is 9.78 Å². The van der Waals surface area contributed by atoms with Gasteiger partial charge in [0.05, 0.1) is 17.1 Å². The van der Waals surface area contributed by atoms with Crippen LogP contribution in [0.2, 0.25) is 0 Å². The summed E-state index contributed by atoms with van der Waals surface area (Å²) in [4.78, 5) is 24.3. The van der Waals surface area contributed by atoms with Gasteiger partial charge in [0.1, 0.15) is 11.1 Å². The standard InChI is InChI=1S/C22H22BrN5O2/c1-12-9-27(7-6-24-12)15-4-5-16-18(8-15)30-22(29)19(20(16)23)17-11-28-10-13(2)25-14(3)21(28)26-17/h4-5,8,10-12,24H,6-7,9H2,1-3H3/t12-/m0/s1. The second-order valence-electron chi connectivity index (χ2n) is 7.88. The maximum absolute atomic E-state index is 12.9. The summed E-state index contributed by atoms with van der Waals surface area (Å²) < 4.78 is 8.34. The van der Waals surface area contributed by atoms with E-state index >= 15 is 0 Å². The van der Waals surface area contributed by atoms with E-state index in [0.717, 1.165) is 47.7 Å². The van der Waals surface area contributed by atoms with E-state index in [1.165, 1.54) is 0 Å². The first kappa shape index (κ1) is 19.3. The fraction of sp³-hybridized carbons (Fsp3) is 0.318. The third-order valence-corrected chi connectivity index (χ3v) is 6.37. The van der Waals surface area contributed by atoms with Crippen LogP contribution < -0.4 is 15.8 Å². The van der Waals surface area contributed by atoms with Crippen LogP contribution in [0.15, 0.2) is 44.3 Å². The third kappa shape index (κ3) is 3.20. The number of rotatable bonds is 2. The normalized spacial score (nSPS) is 17.2. The van der Waals surface area contributed by atoms with Gasteiger partial charge in [-0.1, -0.05) is 0 Å². The van der Waals surface area contributed by atoms with Crippen LogP contribution in [0.4, 0.5) is 5.69 Å². The first-order valence-corrected chi connectivity index (χ1v) is 10.8. The van der Waals surface area contributed by atoms with E-state index in [1.54, 1.807) is 0 Å². The monoisotopic (exact) mass is 467 g/mol. The topological polar surface area (TPSA) is 75.7 Å². The van der Waals surface area contributed by atoms with Gasteiger partial charge in [0.25, 0.3) is 0 Å². The highest BCUT2D eigenvalue weighted by atomic mass is 79.9. The predicted molar refractivity (Wildman–Crippen MR) is 121 cm³/mol. The average molecular weight is 468 g/mol. The van der Waals surface area contributed by atoms with Gasteiger partial charge in [0, 0.05) is 59.7 Å². The molecule has 0 spiro atoms. The molecular weight excluding hydrogens is 446 g/mol. The quantitative estimate of drug-likeness (QED) is 0.453. The molecule has 0 radical (unpaired) electrons. The van der Waals surface area contributed by atoms with Crippen molar-refractivity contribution in [3.05, 3.63) is 56.9 Å². The molecule has 4 aromatic rings. The zero-order chi connectivity index (χ0) is 21.0. The Bertz CT molecular complexity index is 1340. The molecule has 1 atom stereocenters. The Morgan fingerprint density at radius 2 is 2.07 bits per heavy atom. The summed E-state index contributed by atoms with van der Waals surface area (Å²) in [7, 11) is 0. The van der Waals surface area contributed by atoms with Crippen molar-refractivity contribution < 1.29 is 4.42 Å². The highest BCUT2D eigenvalue weighted by molar-refractivity contribution is 9.10. The number of fused-ring (bicyclic) bond motifs is 2. The van der Waals surface area contributed by atoms with Gasteiger partial charge in [-0.3, -0.25) is 4.98 Å². The molecule has 8 heteroatoms. The lowest BCUT2D eigenvalue weighted by Crippen LogP contribution is -2.49. The van der Waals surface area contributed by atoms with Crippen molar-refractivity contribution in [1.29, 1.82) is 0 Å². The van der Waals surface area contributed by atoms with Crippen molar-refractivity contribution in [3.63, 3.8) is 0 Å². The first-order valence-electron chi connectivity index (χ1n) is 9.99. The minimum absolute atomic E-state index is 0.411. The number of aromatic nitrogens is 3. The minimum Gasteiger partial charge on any atom is -0.422 e. The Morgan fingerprint density at radius 1 is 1.23 bits per heavy atom. The molecule has 0 saturated carbocycles. The zero-order valence-corrected chi connectivity index (χ0v) is 18.7. The van der Waals surface area contributed by atoms with Crippen molar-refractivity contribution in [2.75, 3.05) is 24.5 Å². The minimum atomic E-state index is -0.411. The molecule has 1 N–H and O–H groups in total. The molecule has 1 aliphatic heterocycles. The number of hydrogen-bond acceptors (Lipinski definition) is 6. The van der Waals surface area contributed by atoms with Crippen LogP contribution in [0, 0.1) is 13.8 Å². The largest absolute Gasteiger partial charge is 0.422 e. The van der Waals surface area contributed by atoms with E-state index in [4.69, 9.17) is 4.42 Å². The van der Waals surface area contributed by atoms with Gasteiger partial charge in [-0.2, -0.15) is 0 Å². The second-order valence-corrected chi connectivity index (χ2v) is 8.68. The van der Waals surface area contributed by atoms with Crippen molar-refractivity contribution in [2.45, 2.75) is 26.8 Å². The van der Waals surface area contributed by atoms with Crippen LogP contribution in [-0.2, 0) is 0 Å². The number of piperazine rings is 1. The molecular formula is C22H22BrN5O2. The van der Waals surface area contributed by atoms with Crippen LogP contribution >= 0.6 is 15.9 Å². The Balaban J connectivity index is 1.63. The summed E-state index contributed by atoms with van der Waals surface area (Å²) in [5, 5.41) is 4.29. The number of hydrogen-bond donors (Lipinski definition) is 1. The maximum atomic E-state index is 12.9. The van der Waals surface area contributed by atoms with Crippen molar-refractivity contribution in [3.8, 4) is 11.3 Å². The molecule has 0 unspecified atom stereocenters. The Labute approximate surface area is 181 Å². The van der Waals surface area contributed by atoms with Crippen molar-refractivity contribution in [1.82, 2.24) is 19.7 Å². The average Bonchev–Trinajstić information content (AvgIpc) is 3.11. The highest BCUT2D eigenvalue weighted by Gasteiger charge is 2.21. The lowest BCUT2D eigenvalue weighted by atomic mass is 10.1. The number of halogens is 1. The SMILES string of the molecule is Cc1cn2cc(-c3c(Br)c4ccc(N5CCN[C@@H](C)C5)cc4oc3=O)nc2c(C)n1. The van der Waals surface area contributed by atoms with E-state index in [-0.39, 0.29) is 0 Å². The molecule has 1 aromatic carbocycles.